The van der Waals surface area contributed by atoms with Gasteiger partial charge in [-0.25, -0.2) is 0 Å². The molecule has 0 unspecified atom stereocenters. The lowest BCUT2D eigenvalue weighted by Gasteiger charge is -2.17. The number of carbonyl (C=O) groups is 1. The average Bonchev–Trinajstić information content (AvgIpc) is 2.55. The molecule has 1 heterocycles. The van der Waals surface area contributed by atoms with E-state index >= 15 is 0 Å². The van der Waals surface area contributed by atoms with Crippen molar-refractivity contribution in [2.24, 2.45) is 5.92 Å². The highest BCUT2D eigenvalue weighted by Gasteiger charge is 2.37. The summed E-state index contributed by atoms with van der Waals surface area (Å²) in [7, 11) is 4.06. The van der Waals surface area contributed by atoms with E-state index in [1.807, 2.05) is 14.1 Å². The summed E-state index contributed by atoms with van der Waals surface area (Å²) >= 11 is 5.22. The van der Waals surface area contributed by atoms with Gasteiger partial charge in [0.05, 0.1) is 0 Å². The van der Waals surface area contributed by atoms with Crippen LogP contribution in [0.25, 0.3) is 0 Å². The number of nitrogens with one attached hydrogen (secondary N) is 1. The van der Waals surface area contributed by atoms with Gasteiger partial charge in [0.2, 0.25) is 0 Å². The highest BCUT2D eigenvalue weighted by molar-refractivity contribution is 7.80. The van der Waals surface area contributed by atoms with Crippen molar-refractivity contribution in [1.82, 2.24) is 15.1 Å². The molecule has 5 heteroatoms. The fourth-order valence-electron chi connectivity index (χ4n) is 1.92. The first kappa shape index (κ1) is 14.4. The molecule has 4 nitrogen and oxygen atoms in total. The van der Waals surface area contributed by atoms with Crippen molar-refractivity contribution in [2.45, 2.75) is 32.7 Å². The van der Waals surface area contributed by atoms with Gasteiger partial charge in [-0.1, -0.05) is 20.3 Å². The summed E-state index contributed by atoms with van der Waals surface area (Å²) in [6.07, 6.45) is 1.94. The van der Waals surface area contributed by atoms with Gasteiger partial charge in [-0.2, -0.15) is 0 Å². The third-order valence-corrected chi connectivity index (χ3v) is 3.59. The van der Waals surface area contributed by atoms with E-state index in [9.17, 15) is 4.79 Å². The molecule has 1 N–H and O–H groups in total. The molecular formula is C12H23N3OS. The molecule has 0 radical (unpaired) electrons. The van der Waals surface area contributed by atoms with Crippen molar-refractivity contribution in [3.63, 3.8) is 0 Å². The average molecular weight is 257 g/mol. The molecule has 0 aromatic carbocycles. The Hall–Kier alpha value is -0.680. The van der Waals surface area contributed by atoms with E-state index < -0.39 is 0 Å². The Kier molecular flexibility index (Phi) is 5.33. The number of rotatable bonds is 6. The predicted octanol–water partition coefficient (Wildman–Crippen LogP) is 1.07. The summed E-state index contributed by atoms with van der Waals surface area (Å²) in [4.78, 5) is 16.0. The maximum Gasteiger partial charge on any atom is 0.251 e. The summed E-state index contributed by atoms with van der Waals surface area (Å²) in [5.41, 5.74) is 0. The summed E-state index contributed by atoms with van der Waals surface area (Å²) in [6.45, 7) is 5.87. The quantitative estimate of drug-likeness (QED) is 0.722. The van der Waals surface area contributed by atoms with Crippen molar-refractivity contribution < 1.29 is 4.79 Å². The molecule has 0 aliphatic carbocycles. The predicted molar refractivity (Wildman–Crippen MR) is 73.9 cm³/mol. The molecule has 2 atom stereocenters. The molecule has 1 aliphatic heterocycles. The van der Waals surface area contributed by atoms with E-state index in [2.05, 4.69) is 24.1 Å². The van der Waals surface area contributed by atoms with Crippen LogP contribution in [0, 0.1) is 5.92 Å². The van der Waals surface area contributed by atoms with Gasteiger partial charge in [0, 0.05) is 6.54 Å². The van der Waals surface area contributed by atoms with Gasteiger partial charge >= 0.3 is 0 Å². The Morgan fingerprint density at radius 2 is 2.18 bits per heavy atom. The number of carbonyl (C=O) groups excluding carboxylic acids is 1. The Morgan fingerprint density at radius 1 is 1.53 bits per heavy atom. The fourth-order valence-corrected chi connectivity index (χ4v) is 2.23. The maximum absolute atomic E-state index is 12.2. The molecule has 0 aromatic heterocycles. The van der Waals surface area contributed by atoms with Crippen molar-refractivity contribution in [1.29, 1.82) is 0 Å². The first-order valence-electron chi connectivity index (χ1n) is 6.24. The van der Waals surface area contributed by atoms with E-state index in [0.29, 0.717) is 11.0 Å². The smallest absolute Gasteiger partial charge is 0.251 e. The van der Waals surface area contributed by atoms with Crippen LogP contribution in [0.5, 0.6) is 0 Å². The molecule has 98 valence electrons. The van der Waals surface area contributed by atoms with Crippen molar-refractivity contribution in [2.75, 3.05) is 27.2 Å². The third kappa shape index (κ3) is 3.64. The molecule has 1 rings (SSSR count). The number of thiocarbonyl (C=S) groups is 1. The van der Waals surface area contributed by atoms with Crippen LogP contribution in [0.2, 0.25) is 0 Å². The van der Waals surface area contributed by atoms with Gasteiger partial charge in [0.15, 0.2) is 5.11 Å². The molecule has 1 fully saturated rings. The molecular weight excluding hydrogens is 234 g/mol. The third-order valence-electron chi connectivity index (χ3n) is 3.26. The molecule has 0 spiro atoms. The number of hydrogen-bond acceptors (Lipinski definition) is 3. The highest BCUT2D eigenvalue weighted by Crippen LogP contribution is 2.17. The molecule has 1 aliphatic rings. The number of hydrogen-bond donors (Lipinski definition) is 1. The van der Waals surface area contributed by atoms with E-state index in [-0.39, 0.29) is 11.9 Å². The van der Waals surface area contributed by atoms with Crippen LogP contribution >= 0.6 is 12.2 Å². The van der Waals surface area contributed by atoms with E-state index in [4.69, 9.17) is 12.2 Å². The molecule has 0 bridgehead atoms. The van der Waals surface area contributed by atoms with Crippen LogP contribution in [0.3, 0.4) is 0 Å². The van der Waals surface area contributed by atoms with E-state index in [1.165, 1.54) is 0 Å². The summed E-state index contributed by atoms with van der Waals surface area (Å²) < 4.78 is 0. The second-order valence-corrected chi connectivity index (χ2v) is 5.35. The zero-order valence-electron chi connectivity index (χ0n) is 11.2. The van der Waals surface area contributed by atoms with Crippen molar-refractivity contribution in [3.8, 4) is 0 Å². The van der Waals surface area contributed by atoms with Crippen molar-refractivity contribution >= 4 is 23.2 Å². The van der Waals surface area contributed by atoms with Gasteiger partial charge in [-0.3, -0.25) is 9.69 Å². The molecule has 0 aromatic rings. The first-order chi connectivity index (χ1) is 7.97. The zero-order chi connectivity index (χ0) is 13.0. The van der Waals surface area contributed by atoms with Crippen LogP contribution in [0.4, 0.5) is 0 Å². The van der Waals surface area contributed by atoms with Crippen LogP contribution < -0.4 is 5.32 Å². The SMILES string of the molecule is CC[C@@H](C)[C@H]1NC(=S)N(CCCN(C)C)C1=O. The van der Waals surface area contributed by atoms with E-state index in [0.717, 1.165) is 25.9 Å². The van der Waals surface area contributed by atoms with E-state index in [1.54, 1.807) is 4.90 Å². The Bertz CT molecular complexity index is 293. The molecule has 0 saturated carbocycles. The second-order valence-electron chi connectivity index (χ2n) is 4.96. The zero-order valence-corrected chi connectivity index (χ0v) is 12.0. The van der Waals surface area contributed by atoms with Crippen molar-refractivity contribution in [3.05, 3.63) is 0 Å². The number of amides is 1. The normalized spacial score (nSPS) is 22.2. The van der Waals surface area contributed by atoms with Crippen LogP contribution in [0.1, 0.15) is 26.7 Å². The molecule has 1 saturated heterocycles. The fraction of sp³-hybridized carbons (Fsp3) is 0.833. The first-order valence-corrected chi connectivity index (χ1v) is 6.64. The highest BCUT2D eigenvalue weighted by atomic mass is 32.1. The summed E-state index contributed by atoms with van der Waals surface area (Å²) in [5, 5.41) is 3.73. The largest absolute Gasteiger partial charge is 0.350 e. The molecule has 1 amide bonds. The number of nitrogens with zero attached hydrogens (tertiary/aromatic N) is 2. The Balaban J connectivity index is 2.51. The monoisotopic (exact) mass is 257 g/mol. The lowest BCUT2D eigenvalue weighted by Crippen LogP contribution is -2.36. The minimum Gasteiger partial charge on any atom is -0.350 e. The van der Waals surface area contributed by atoms with Gasteiger partial charge in [0.25, 0.3) is 5.91 Å². The Labute approximate surface area is 109 Å². The van der Waals surface area contributed by atoms with Crippen LogP contribution in [-0.2, 0) is 4.79 Å². The van der Waals surface area contributed by atoms with Gasteiger partial charge < -0.3 is 10.2 Å². The lowest BCUT2D eigenvalue weighted by molar-refractivity contribution is -0.128. The van der Waals surface area contributed by atoms with Crippen LogP contribution in [0.15, 0.2) is 0 Å². The van der Waals surface area contributed by atoms with Gasteiger partial charge in [-0.15, -0.1) is 0 Å². The standard InChI is InChI=1S/C12H23N3OS/c1-5-9(2)10-11(16)15(12(17)13-10)8-6-7-14(3)4/h9-10H,5-8H2,1-4H3,(H,13,17)/t9-,10-/m1/s1. The summed E-state index contributed by atoms with van der Waals surface area (Å²) in [5.74, 6) is 0.474. The Morgan fingerprint density at radius 3 is 2.71 bits per heavy atom. The lowest BCUT2D eigenvalue weighted by atomic mass is 9.99. The van der Waals surface area contributed by atoms with Crippen LogP contribution in [-0.4, -0.2) is 54.0 Å². The molecule has 17 heavy (non-hydrogen) atoms. The maximum atomic E-state index is 12.2. The van der Waals surface area contributed by atoms with Gasteiger partial charge in [0.1, 0.15) is 6.04 Å². The van der Waals surface area contributed by atoms with Gasteiger partial charge in [-0.05, 0) is 45.2 Å². The minimum atomic E-state index is -0.119. The topological polar surface area (TPSA) is 35.6 Å². The minimum absolute atomic E-state index is 0.119. The second kappa shape index (κ2) is 6.31. The summed E-state index contributed by atoms with van der Waals surface area (Å²) in [6, 6.07) is -0.119.